The fraction of sp³-hybridized carbons (Fsp3) is 0.462. The molecule has 3 aromatic rings. The van der Waals surface area contributed by atoms with Gasteiger partial charge in [0.25, 0.3) is 0 Å². The smallest absolute Gasteiger partial charge is 0.247 e. The number of halogens is 1. The van der Waals surface area contributed by atoms with Gasteiger partial charge in [0.15, 0.2) is 5.13 Å². The molecule has 0 spiro atoms. The lowest BCUT2D eigenvalue weighted by Crippen LogP contribution is -2.48. The van der Waals surface area contributed by atoms with Crippen LogP contribution in [0.25, 0.3) is 10.2 Å². The third-order valence-corrected chi connectivity index (χ3v) is 9.91. The summed E-state index contributed by atoms with van der Waals surface area (Å²) < 4.78 is 53.2. The van der Waals surface area contributed by atoms with Crippen molar-refractivity contribution >= 4 is 42.6 Å². The van der Waals surface area contributed by atoms with Gasteiger partial charge in [0.2, 0.25) is 15.9 Å². The zero-order valence-corrected chi connectivity index (χ0v) is 22.8. The predicted molar refractivity (Wildman–Crippen MR) is 144 cm³/mol. The van der Waals surface area contributed by atoms with E-state index in [-0.39, 0.29) is 17.3 Å². The maximum atomic E-state index is 14.0. The molecule has 38 heavy (non-hydrogen) atoms. The van der Waals surface area contributed by atoms with Crippen LogP contribution in [0.2, 0.25) is 0 Å². The summed E-state index contributed by atoms with van der Waals surface area (Å²) in [6, 6.07) is 9.43. The number of anilines is 1. The molecule has 2 aromatic carbocycles. The fourth-order valence-corrected chi connectivity index (χ4v) is 7.59. The maximum absolute atomic E-state index is 14.0. The summed E-state index contributed by atoms with van der Waals surface area (Å²) in [6.45, 7) is 4.53. The standard InChI is InChI=1S/C26H31FN4O5S2/c1-35-20-7-10-22-24(18-20)37-26(28-22)30(12-3-11-29-14-16-36-17-15-29)25(32)23-4-2-13-31(23)38(33,34)21-8-5-19(27)6-9-21/h5-10,18,23H,2-4,11-17H2,1H3. The number of hydrogen-bond donors (Lipinski definition) is 0. The van der Waals surface area contributed by atoms with Crippen LogP contribution in [-0.4, -0.2) is 87.6 Å². The van der Waals surface area contributed by atoms with E-state index in [4.69, 9.17) is 14.5 Å². The van der Waals surface area contributed by atoms with Gasteiger partial charge in [0, 0.05) is 32.7 Å². The first-order valence-corrected chi connectivity index (χ1v) is 15.0. The molecule has 2 saturated heterocycles. The Morgan fingerprint density at radius 3 is 2.68 bits per heavy atom. The van der Waals surface area contributed by atoms with E-state index < -0.39 is 21.9 Å². The van der Waals surface area contributed by atoms with Crippen LogP contribution in [0.4, 0.5) is 9.52 Å². The highest BCUT2D eigenvalue weighted by molar-refractivity contribution is 7.89. The molecule has 1 aromatic heterocycles. The van der Waals surface area contributed by atoms with E-state index in [0.29, 0.717) is 49.9 Å². The highest BCUT2D eigenvalue weighted by Crippen LogP contribution is 2.34. The Bertz CT molecular complexity index is 1380. The molecule has 2 aliphatic heterocycles. The monoisotopic (exact) mass is 562 g/mol. The molecule has 0 N–H and O–H groups in total. The van der Waals surface area contributed by atoms with Gasteiger partial charge in [-0.1, -0.05) is 11.3 Å². The van der Waals surface area contributed by atoms with Gasteiger partial charge in [-0.15, -0.1) is 0 Å². The number of ether oxygens (including phenoxy) is 2. The Balaban J connectivity index is 1.42. The number of fused-ring (bicyclic) bond motifs is 1. The SMILES string of the molecule is COc1ccc2nc(N(CCCN3CCOCC3)C(=O)C3CCCN3S(=O)(=O)c3ccc(F)cc3)sc2c1. The molecule has 204 valence electrons. The zero-order valence-electron chi connectivity index (χ0n) is 21.2. The molecule has 0 radical (unpaired) electrons. The predicted octanol–water partition coefficient (Wildman–Crippen LogP) is 3.35. The number of methoxy groups -OCH3 is 1. The normalized spacial score (nSPS) is 19.2. The minimum atomic E-state index is -3.97. The first-order chi connectivity index (χ1) is 18.4. The molecular formula is C26H31FN4O5S2. The molecule has 0 saturated carbocycles. The van der Waals surface area contributed by atoms with Gasteiger partial charge >= 0.3 is 0 Å². The van der Waals surface area contributed by atoms with Crippen LogP contribution < -0.4 is 9.64 Å². The van der Waals surface area contributed by atoms with Crippen molar-refractivity contribution in [3.63, 3.8) is 0 Å². The van der Waals surface area contributed by atoms with E-state index >= 15 is 0 Å². The van der Waals surface area contributed by atoms with Crippen LogP contribution in [-0.2, 0) is 19.6 Å². The Labute approximate surface area is 225 Å². The van der Waals surface area contributed by atoms with Crippen molar-refractivity contribution in [1.82, 2.24) is 14.2 Å². The van der Waals surface area contributed by atoms with E-state index in [1.165, 1.54) is 27.8 Å². The fourth-order valence-electron chi connectivity index (χ4n) is 4.91. The minimum absolute atomic E-state index is 0.0236. The molecule has 9 nitrogen and oxygen atoms in total. The molecule has 0 bridgehead atoms. The van der Waals surface area contributed by atoms with E-state index in [0.717, 1.165) is 42.0 Å². The molecular weight excluding hydrogens is 531 g/mol. The molecule has 2 fully saturated rings. The highest BCUT2D eigenvalue weighted by atomic mass is 32.2. The number of benzene rings is 2. The molecule has 1 amide bonds. The molecule has 5 rings (SSSR count). The van der Waals surface area contributed by atoms with Gasteiger partial charge in [-0.2, -0.15) is 4.31 Å². The molecule has 1 unspecified atom stereocenters. The van der Waals surface area contributed by atoms with E-state index in [2.05, 4.69) is 4.90 Å². The van der Waals surface area contributed by atoms with E-state index in [9.17, 15) is 17.6 Å². The molecule has 2 aliphatic rings. The van der Waals surface area contributed by atoms with Crippen LogP contribution in [0, 0.1) is 5.82 Å². The van der Waals surface area contributed by atoms with Crippen molar-refractivity contribution in [3.8, 4) is 5.75 Å². The summed E-state index contributed by atoms with van der Waals surface area (Å²) in [5.74, 6) is -0.108. The number of carbonyl (C=O) groups excluding carboxylic acids is 1. The average Bonchev–Trinajstić information content (AvgIpc) is 3.59. The van der Waals surface area contributed by atoms with Gasteiger partial charge in [-0.3, -0.25) is 14.6 Å². The number of aromatic nitrogens is 1. The van der Waals surface area contributed by atoms with Gasteiger partial charge in [0.1, 0.15) is 17.6 Å². The lowest BCUT2D eigenvalue weighted by molar-refractivity contribution is -0.121. The summed E-state index contributed by atoms with van der Waals surface area (Å²) in [4.78, 5) is 22.7. The van der Waals surface area contributed by atoms with Crippen molar-refractivity contribution in [2.24, 2.45) is 0 Å². The van der Waals surface area contributed by atoms with Crippen molar-refractivity contribution in [2.45, 2.75) is 30.2 Å². The lowest BCUT2D eigenvalue weighted by Gasteiger charge is -2.30. The summed E-state index contributed by atoms with van der Waals surface area (Å²) in [6.07, 6.45) is 1.69. The van der Waals surface area contributed by atoms with Crippen molar-refractivity contribution in [3.05, 3.63) is 48.3 Å². The van der Waals surface area contributed by atoms with Gasteiger partial charge in [-0.25, -0.2) is 17.8 Å². The van der Waals surface area contributed by atoms with Crippen LogP contribution >= 0.6 is 11.3 Å². The van der Waals surface area contributed by atoms with E-state index in [1.807, 2.05) is 18.2 Å². The third-order valence-electron chi connectivity index (χ3n) is 6.95. The Kier molecular flexibility index (Phi) is 8.24. The number of nitrogens with zero attached hydrogens (tertiary/aromatic N) is 4. The topological polar surface area (TPSA) is 92.3 Å². The van der Waals surface area contributed by atoms with Crippen molar-refractivity contribution in [1.29, 1.82) is 0 Å². The molecule has 1 atom stereocenters. The lowest BCUT2D eigenvalue weighted by atomic mass is 10.2. The molecule has 12 heteroatoms. The molecule has 3 heterocycles. The number of thiazole rings is 1. The zero-order chi connectivity index (χ0) is 26.7. The van der Waals surface area contributed by atoms with Crippen molar-refractivity contribution in [2.75, 3.05) is 57.9 Å². The van der Waals surface area contributed by atoms with Crippen LogP contribution in [0.1, 0.15) is 19.3 Å². The van der Waals surface area contributed by atoms with Crippen LogP contribution in [0.3, 0.4) is 0 Å². The number of morpholine rings is 1. The first-order valence-electron chi connectivity index (χ1n) is 12.7. The summed E-state index contributed by atoms with van der Waals surface area (Å²) in [5.41, 5.74) is 0.749. The van der Waals surface area contributed by atoms with Gasteiger partial charge < -0.3 is 9.47 Å². The Morgan fingerprint density at radius 1 is 1.18 bits per heavy atom. The Hall–Kier alpha value is -2.64. The average molecular weight is 563 g/mol. The van der Waals surface area contributed by atoms with Gasteiger partial charge in [0.05, 0.1) is 35.4 Å². The van der Waals surface area contributed by atoms with Crippen LogP contribution in [0.15, 0.2) is 47.4 Å². The summed E-state index contributed by atoms with van der Waals surface area (Å²) in [7, 11) is -2.38. The van der Waals surface area contributed by atoms with Crippen molar-refractivity contribution < 1.29 is 27.1 Å². The highest BCUT2D eigenvalue weighted by Gasteiger charge is 2.42. The second-order valence-electron chi connectivity index (χ2n) is 9.36. The minimum Gasteiger partial charge on any atom is -0.497 e. The second-order valence-corrected chi connectivity index (χ2v) is 12.3. The quantitative estimate of drug-likeness (QED) is 0.395. The largest absolute Gasteiger partial charge is 0.497 e. The summed E-state index contributed by atoms with van der Waals surface area (Å²) >= 11 is 1.39. The first kappa shape index (κ1) is 26.9. The van der Waals surface area contributed by atoms with Crippen LogP contribution in [0.5, 0.6) is 5.75 Å². The Morgan fingerprint density at radius 2 is 1.95 bits per heavy atom. The second kappa shape index (κ2) is 11.6. The number of sulfonamides is 1. The number of amides is 1. The summed E-state index contributed by atoms with van der Waals surface area (Å²) in [5, 5.41) is 0.534. The number of hydrogen-bond acceptors (Lipinski definition) is 8. The van der Waals surface area contributed by atoms with Gasteiger partial charge in [-0.05, 0) is 61.7 Å². The number of rotatable bonds is 9. The number of carbonyl (C=O) groups is 1. The molecule has 0 aliphatic carbocycles. The van der Waals surface area contributed by atoms with E-state index in [1.54, 1.807) is 12.0 Å². The third kappa shape index (κ3) is 5.69. The maximum Gasteiger partial charge on any atom is 0.247 e.